The van der Waals surface area contributed by atoms with Gasteiger partial charge in [-0.25, -0.2) is 4.98 Å². The third kappa shape index (κ3) is 3.45. The van der Waals surface area contributed by atoms with Crippen LogP contribution in [0.2, 0.25) is 0 Å². The number of amides is 1. The summed E-state index contributed by atoms with van der Waals surface area (Å²) in [6.45, 7) is 9.74. The molecule has 18 heavy (non-hydrogen) atoms. The summed E-state index contributed by atoms with van der Waals surface area (Å²) in [4.78, 5) is 18.4. The Bertz CT molecular complexity index is 375. The largest absolute Gasteiger partial charge is 0.384 e. The van der Waals surface area contributed by atoms with Crippen LogP contribution in [0.25, 0.3) is 0 Å². The summed E-state index contributed by atoms with van der Waals surface area (Å²) in [5.74, 6) is 0.00917. The topological polar surface area (TPSA) is 45.2 Å². The normalized spacial score (nSPS) is 12.0. The number of carbonyl (C=O) groups excluding carboxylic acids is 1. The molecular formula is C14H23N3O. The van der Waals surface area contributed by atoms with Crippen LogP contribution >= 0.6 is 0 Å². The molecule has 4 nitrogen and oxygen atoms in total. The maximum absolute atomic E-state index is 12.3. The van der Waals surface area contributed by atoms with Gasteiger partial charge in [0.15, 0.2) is 0 Å². The highest BCUT2D eigenvalue weighted by Gasteiger charge is 2.19. The fourth-order valence-corrected chi connectivity index (χ4v) is 1.85. The molecule has 0 spiro atoms. The van der Waals surface area contributed by atoms with Gasteiger partial charge < -0.3 is 10.2 Å². The predicted octanol–water partition coefficient (Wildman–Crippen LogP) is 2.77. The van der Waals surface area contributed by atoms with Crippen molar-refractivity contribution in [3.63, 3.8) is 0 Å². The lowest BCUT2D eigenvalue weighted by Crippen LogP contribution is -2.38. The van der Waals surface area contributed by atoms with Gasteiger partial charge in [-0.2, -0.15) is 0 Å². The molecule has 0 radical (unpaired) electrons. The molecule has 1 unspecified atom stereocenters. The second-order valence-corrected chi connectivity index (χ2v) is 4.31. The monoisotopic (exact) mass is 249 g/mol. The molecule has 1 atom stereocenters. The number of pyridine rings is 1. The van der Waals surface area contributed by atoms with Gasteiger partial charge in [-0.05, 0) is 39.3 Å². The zero-order valence-electron chi connectivity index (χ0n) is 11.7. The summed E-state index contributed by atoms with van der Waals surface area (Å²) in [5, 5.41) is 3.16. The van der Waals surface area contributed by atoms with Gasteiger partial charge in [-0.1, -0.05) is 6.92 Å². The minimum absolute atomic E-state index is 0.00917. The molecule has 1 heterocycles. The van der Waals surface area contributed by atoms with Crippen LogP contribution in [0.3, 0.4) is 0 Å². The van der Waals surface area contributed by atoms with Gasteiger partial charge in [0.2, 0.25) is 0 Å². The van der Waals surface area contributed by atoms with Gasteiger partial charge >= 0.3 is 0 Å². The first-order valence-electron chi connectivity index (χ1n) is 6.64. The quantitative estimate of drug-likeness (QED) is 0.843. The van der Waals surface area contributed by atoms with Crippen molar-refractivity contribution < 1.29 is 4.79 Å². The Labute approximate surface area is 109 Å². The third-order valence-electron chi connectivity index (χ3n) is 3.09. The number of anilines is 1. The van der Waals surface area contributed by atoms with Crippen LogP contribution < -0.4 is 5.32 Å². The second-order valence-electron chi connectivity index (χ2n) is 4.31. The van der Waals surface area contributed by atoms with Gasteiger partial charge in [0.1, 0.15) is 5.69 Å². The highest BCUT2D eigenvalue weighted by molar-refractivity contribution is 5.92. The summed E-state index contributed by atoms with van der Waals surface area (Å²) in [5.41, 5.74) is 1.46. The minimum atomic E-state index is 0.00917. The molecule has 1 amide bonds. The molecule has 0 bridgehead atoms. The molecule has 0 aliphatic rings. The zero-order chi connectivity index (χ0) is 13.5. The van der Waals surface area contributed by atoms with Crippen molar-refractivity contribution in [2.45, 2.75) is 40.2 Å². The fourth-order valence-electron chi connectivity index (χ4n) is 1.85. The molecular weight excluding hydrogens is 226 g/mol. The molecule has 1 N–H and O–H groups in total. The number of carbonyl (C=O) groups is 1. The lowest BCUT2D eigenvalue weighted by Gasteiger charge is -2.26. The van der Waals surface area contributed by atoms with Crippen LogP contribution in [0.15, 0.2) is 18.3 Å². The van der Waals surface area contributed by atoms with Crippen molar-refractivity contribution in [3.8, 4) is 0 Å². The van der Waals surface area contributed by atoms with Gasteiger partial charge in [0.05, 0.1) is 11.9 Å². The average molecular weight is 249 g/mol. The first-order chi connectivity index (χ1) is 8.63. The Balaban J connectivity index is 2.82. The van der Waals surface area contributed by atoms with Crippen LogP contribution in [-0.4, -0.2) is 34.9 Å². The molecule has 0 saturated heterocycles. The maximum atomic E-state index is 12.3. The smallest absolute Gasteiger partial charge is 0.272 e. The average Bonchev–Trinajstić information content (AvgIpc) is 2.40. The summed E-state index contributed by atoms with van der Waals surface area (Å²) in [7, 11) is 0. The van der Waals surface area contributed by atoms with Crippen LogP contribution in [-0.2, 0) is 0 Å². The van der Waals surface area contributed by atoms with Crippen molar-refractivity contribution in [3.05, 3.63) is 24.0 Å². The van der Waals surface area contributed by atoms with E-state index < -0.39 is 0 Å². The number of aromatic nitrogens is 1. The van der Waals surface area contributed by atoms with E-state index in [2.05, 4.69) is 24.1 Å². The van der Waals surface area contributed by atoms with Crippen molar-refractivity contribution >= 4 is 11.6 Å². The Morgan fingerprint density at radius 3 is 2.56 bits per heavy atom. The molecule has 0 aliphatic heterocycles. The van der Waals surface area contributed by atoms with E-state index in [4.69, 9.17) is 0 Å². The summed E-state index contributed by atoms with van der Waals surface area (Å²) >= 11 is 0. The van der Waals surface area contributed by atoms with Crippen LogP contribution in [0, 0.1) is 0 Å². The Morgan fingerprint density at radius 1 is 1.39 bits per heavy atom. The van der Waals surface area contributed by atoms with E-state index in [1.807, 2.05) is 24.8 Å². The fraction of sp³-hybridized carbons (Fsp3) is 0.571. The van der Waals surface area contributed by atoms with E-state index in [0.29, 0.717) is 12.2 Å². The summed E-state index contributed by atoms with van der Waals surface area (Å²) in [6.07, 6.45) is 2.66. The SMILES string of the molecule is CCNc1ccc(C(=O)N(CC)C(C)CC)nc1. The molecule has 1 rings (SSSR count). The number of hydrogen-bond donors (Lipinski definition) is 1. The number of nitrogens with zero attached hydrogens (tertiary/aromatic N) is 2. The van der Waals surface area contributed by atoms with Gasteiger partial charge in [-0.15, -0.1) is 0 Å². The lowest BCUT2D eigenvalue weighted by atomic mass is 10.2. The predicted molar refractivity (Wildman–Crippen MR) is 74.9 cm³/mol. The molecule has 1 aromatic heterocycles. The lowest BCUT2D eigenvalue weighted by molar-refractivity contribution is 0.0694. The Hall–Kier alpha value is -1.58. The van der Waals surface area contributed by atoms with Gasteiger partial charge in [0.25, 0.3) is 5.91 Å². The first kappa shape index (κ1) is 14.5. The van der Waals surface area contributed by atoms with Crippen molar-refractivity contribution in [1.82, 2.24) is 9.88 Å². The second kappa shape index (κ2) is 6.99. The van der Waals surface area contributed by atoms with E-state index in [-0.39, 0.29) is 11.9 Å². The van der Waals surface area contributed by atoms with Crippen LogP contribution in [0.5, 0.6) is 0 Å². The van der Waals surface area contributed by atoms with E-state index in [1.54, 1.807) is 12.3 Å². The maximum Gasteiger partial charge on any atom is 0.272 e. The van der Waals surface area contributed by atoms with Gasteiger partial charge in [0, 0.05) is 19.1 Å². The standard InChI is InChI=1S/C14H23N3O/c1-5-11(4)17(7-3)14(18)13-9-8-12(10-16-13)15-6-2/h8-11,15H,5-7H2,1-4H3. The minimum Gasteiger partial charge on any atom is -0.384 e. The summed E-state index contributed by atoms with van der Waals surface area (Å²) < 4.78 is 0. The molecule has 1 aromatic rings. The number of nitrogens with one attached hydrogen (secondary N) is 1. The van der Waals surface area contributed by atoms with E-state index in [9.17, 15) is 4.79 Å². The highest BCUT2D eigenvalue weighted by atomic mass is 16.2. The molecule has 4 heteroatoms. The third-order valence-corrected chi connectivity index (χ3v) is 3.09. The number of hydrogen-bond acceptors (Lipinski definition) is 3. The van der Waals surface area contributed by atoms with Gasteiger partial charge in [-0.3, -0.25) is 4.79 Å². The van der Waals surface area contributed by atoms with Crippen LogP contribution in [0.1, 0.15) is 44.6 Å². The van der Waals surface area contributed by atoms with Crippen LogP contribution in [0.4, 0.5) is 5.69 Å². The van der Waals surface area contributed by atoms with E-state index in [1.165, 1.54) is 0 Å². The summed E-state index contributed by atoms with van der Waals surface area (Å²) in [6, 6.07) is 3.93. The number of rotatable bonds is 6. The molecule has 0 aromatic carbocycles. The Kier molecular flexibility index (Phi) is 5.62. The van der Waals surface area contributed by atoms with Crippen molar-refractivity contribution in [2.75, 3.05) is 18.4 Å². The zero-order valence-corrected chi connectivity index (χ0v) is 11.7. The highest BCUT2D eigenvalue weighted by Crippen LogP contribution is 2.11. The van der Waals surface area contributed by atoms with Crippen molar-refractivity contribution in [2.24, 2.45) is 0 Å². The van der Waals surface area contributed by atoms with E-state index >= 15 is 0 Å². The first-order valence-corrected chi connectivity index (χ1v) is 6.64. The molecule has 100 valence electrons. The van der Waals surface area contributed by atoms with Crippen molar-refractivity contribution in [1.29, 1.82) is 0 Å². The molecule has 0 aliphatic carbocycles. The van der Waals surface area contributed by atoms with E-state index in [0.717, 1.165) is 18.7 Å². The molecule has 0 fully saturated rings. The Morgan fingerprint density at radius 2 is 2.11 bits per heavy atom. The molecule has 0 saturated carbocycles.